The van der Waals surface area contributed by atoms with Gasteiger partial charge in [0.2, 0.25) is 6.29 Å². The molecule has 1 atom stereocenters. The van der Waals surface area contributed by atoms with Gasteiger partial charge in [-0.05, 0) is 6.07 Å². The van der Waals surface area contributed by atoms with Gasteiger partial charge in [0.1, 0.15) is 11.6 Å². The summed E-state index contributed by atoms with van der Waals surface area (Å²) in [5.41, 5.74) is 2.02. The number of benzene rings is 2. The van der Waals surface area contributed by atoms with E-state index in [-0.39, 0.29) is 5.82 Å². The topological polar surface area (TPSA) is 47.6 Å². The maximum absolute atomic E-state index is 14.0. The Kier molecular flexibility index (Phi) is 3.48. The van der Waals surface area contributed by atoms with E-state index in [1.165, 1.54) is 13.1 Å². The summed E-state index contributed by atoms with van der Waals surface area (Å²) in [4.78, 5) is 11.3. The molecule has 0 spiro atoms. The summed E-state index contributed by atoms with van der Waals surface area (Å²) >= 11 is 0. The molecular formula is C16H14FNO3. The summed E-state index contributed by atoms with van der Waals surface area (Å²) in [7, 11) is 1.48. The second kappa shape index (κ2) is 5.44. The highest BCUT2D eigenvalue weighted by molar-refractivity contribution is 5.73. The number of para-hydroxylation sites is 1. The third-order valence-electron chi connectivity index (χ3n) is 3.34. The summed E-state index contributed by atoms with van der Waals surface area (Å²) in [6.45, 7) is 0. The molecule has 5 heteroatoms. The molecule has 2 aromatic carbocycles. The highest BCUT2D eigenvalue weighted by Crippen LogP contribution is 2.39. The number of ether oxygens (including phenoxy) is 2. The highest BCUT2D eigenvalue weighted by atomic mass is 19.1. The van der Waals surface area contributed by atoms with Crippen LogP contribution in [0.2, 0.25) is 0 Å². The molecule has 3 rings (SSSR count). The van der Waals surface area contributed by atoms with Gasteiger partial charge in [0.05, 0.1) is 6.42 Å². The maximum Gasteiger partial charge on any atom is 0.409 e. The average molecular weight is 287 g/mol. The Hall–Kier alpha value is -2.56. The summed E-state index contributed by atoms with van der Waals surface area (Å²) in [5, 5.41) is 2.37. The third kappa shape index (κ3) is 2.54. The van der Waals surface area contributed by atoms with Crippen LogP contribution in [0, 0.1) is 5.82 Å². The van der Waals surface area contributed by atoms with Gasteiger partial charge in [-0.15, -0.1) is 0 Å². The molecule has 0 radical (unpaired) electrons. The van der Waals surface area contributed by atoms with Gasteiger partial charge in [0, 0.05) is 23.7 Å². The van der Waals surface area contributed by atoms with Crippen LogP contribution >= 0.6 is 0 Å². The first-order valence-electron chi connectivity index (χ1n) is 6.61. The zero-order valence-corrected chi connectivity index (χ0v) is 11.4. The summed E-state index contributed by atoms with van der Waals surface area (Å²) in [6.07, 6.45) is -0.793. The minimum Gasteiger partial charge on any atom is -0.453 e. The fourth-order valence-electron chi connectivity index (χ4n) is 2.37. The van der Waals surface area contributed by atoms with Crippen LogP contribution in [-0.4, -0.2) is 19.4 Å². The molecule has 1 heterocycles. The standard InChI is InChI=1S/C16H14FNO3/c1-18-16(19)21-14-9-10-5-4-7-12(15(10)20-14)11-6-2-3-8-13(11)17/h2-8,14H,9H2,1H3,(H,18,19). The van der Waals surface area contributed by atoms with Crippen LogP contribution in [-0.2, 0) is 11.2 Å². The van der Waals surface area contributed by atoms with Crippen LogP contribution in [0.25, 0.3) is 11.1 Å². The number of nitrogens with one attached hydrogen (secondary N) is 1. The lowest BCUT2D eigenvalue weighted by atomic mass is 10.0. The van der Waals surface area contributed by atoms with Gasteiger partial charge < -0.3 is 14.8 Å². The van der Waals surface area contributed by atoms with Crippen molar-refractivity contribution in [3.63, 3.8) is 0 Å². The van der Waals surface area contributed by atoms with Crippen molar-refractivity contribution in [1.82, 2.24) is 5.32 Å². The van der Waals surface area contributed by atoms with Crippen molar-refractivity contribution in [3.05, 3.63) is 53.8 Å². The van der Waals surface area contributed by atoms with Gasteiger partial charge in [0.25, 0.3) is 0 Å². The monoisotopic (exact) mass is 287 g/mol. The molecule has 0 aliphatic carbocycles. The lowest BCUT2D eigenvalue weighted by Gasteiger charge is -2.13. The first kappa shape index (κ1) is 13.4. The van der Waals surface area contributed by atoms with Crippen molar-refractivity contribution >= 4 is 6.09 Å². The number of fused-ring (bicyclic) bond motifs is 1. The smallest absolute Gasteiger partial charge is 0.409 e. The minimum atomic E-state index is -0.687. The fraction of sp³-hybridized carbons (Fsp3) is 0.188. The van der Waals surface area contributed by atoms with Gasteiger partial charge >= 0.3 is 6.09 Å². The molecule has 0 bridgehead atoms. The maximum atomic E-state index is 14.0. The molecule has 0 fully saturated rings. The molecule has 0 saturated heterocycles. The van der Waals surface area contributed by atoms with E-state index in [0.29, 0.717) is 23.3 Å². The molecule has 21 heavy (non-hydrogen) atoms. The zero-order valence-electron chi connectivity index (χ0n) is 11.4. The number of halogens is 1. The normalized spacial score (nSPS) is 16.0. The van der Waals surface area contributed by atoms with E-state index < -0.39 is 12.4 Å². The van der Waals surface area contributed by atoms with E-state index in [0.717, 1.165) is 5.56 Å². The van der Waals surface area contributed by atoms with Gasteiger partial charge in [0.15, 0.2) is 0 Å². The van der Waals surface area contributed by atoms with Crippen LogP contribution in [0.15, 0.2) is 42.5 Å². The Morgan fingerprint density at radius 1 is 1.24 bits per heavy atom. The molecule has 1 aliphatic rings. The van der Waals surface area contributed by atoms with E-state index in [9.17, 15) is 9.18 Å². The fourth-order valence-corrected chi connectivity index (χ4v) is 2.37. The van der Waals surface area contributed by atoms with E-state index in [1.54, 1.807) is 24.3 Å². The van der Waals surface area contributed by atoms with Gasteiger partial charge in [-0.3, -0.25) is 0 Å². The SMILES string of the molecule is CNC(=O)OC1Cc2cccc(-c3ccccc3F)c2O1. The number of hydrogen-bond donors (Lipinski definition) is 1. The second-order valence-corrected chi connectivity index (χ2v) is 4.68. The van der Waals surface area contributed by atoms with Crippen LogP contribution in [0.4, 0.5) is 9.18 Å². The minimum absolute atomic E-state index is 0.315. The summed E-state index contributed by atoms with van der Waals surface area (Å²) in [5.74, 6) is 0.252. The molecule has 1 unspecified atom stereocenters. The predicted molar refractivity (Wildman–Crippen MR) is 75.5 cm³/mol. The first-order valence-corrected chi connectivity index (χ1v) is 6.61. The van der Waals surface area contributed by atoms with Crippen molar-refractivity contribution in [1.29, 1.82) is 0 Å². The van der Waals surface area contributed by atoms with Crippen molar-refractivity contribution in [3.8, 4) is 16.9 Å². The lowest BCUT2D eigenvalue weighted by Crippen LogP contribution is -2.28. The van der Waals surface area contributed by atoms with Gasteiger partial charge in [-0.2, -0.15) is 0 Å². The highest BCUT2D eigenvalue weighted by Gasteiger charge is 2.28. The number of rotatable bonds is 2. The number of carbonyl (C=O) groups is 1. The predicted octanol–water partition coefficient (Wildman–Crippen LogP) is 3.11. The summed E-state index contributed by atoms with van der Waals surface area (Å²) < 4.78 is 24.7. The van der Waals surface area contributed by atoms with Crippen molar-refractivity contribution in [2.45, 2.75) is 12.7 Å². The van der Waals surface area contributed by atoms with Gasteiger partial charge in [-0.1, -0.05) is 36.4 Å². The van der Waals surface area contributed by atoms with E-state index in [2.05, 4.69) is 5.32 Å². The largest absolute Gasteiger partial charge is 0.453 e. The number of alkyl carbamates (subject to hydrolysis) is 1. The zero-order chi connectivity index (χ0) is 14.8. The molecule has 1 N–H and O–H groups in total. The molecule has 0 saturated carbocycles. The Balaban J connectivity index is 1.93. The van der Waals surface area contributed by atoms with Crippen molar-refractivity contribution in [2.75, 3.05) is 7.05 Å². The van der Waals surface area contributed by atoms with E-state index >= 15 is 0 Å². The molecule has 0 aromatic heterocycles. The van der Waals surface area contributed by atoms with Crippen LogP contribution < -0.4 is 10.1 Å². The molecule has 2 aromatic rings. The quantitative estimate of drug-likeness (QED) is 0.923. The van der Waals surface area contributed by atoms with Crippen LogP contribution in [0.5, 0.6) is 5.75 Å². The molecule has 4 nitrogen and oxygen atoms in total. The molecule has 1 amide bonds. The third-order valence-corrected chi connectivity index (χ3v) is 3.34. The van der Waals surface area contributed by atoms with E-state index in [4.69, 9.17) is 9.47 Å². The molecular weight excluding hydrogens is 273 g/mol. The Labute approximate surface area is 121 Å². The molecule has 108 valence electrons. The average Bonchev–Trinajstić information content (AvgIpc) is 2.90. The Bertz CT molecular complexity index is 687. The molecule has 1 aliphatic heterocycles. The lowest BCUT2D eigenvalue weighted by molar-refractivity contribution is -0.0154. The van der Waals surface area contributed by atoms with E-state index in [1.807, 2.05) is 12.1 Å². The Morgan fingerprint density at radius 3 is 2.76 bits per heavy atom. The Morgan fingerprint density at radius 2 is 2.00 bits per heavy atom. The van der Waals surface area contributed by atoms with Crippen molar-refractivity contribution < 1.29 is 18.7 Å². The van der Waals surface area contributed by atoms with Gasteiger partial charge in [-0.25, -0.2) is 9.18 Å². The van der Waals surface area contributed by atoms with Crippen LogP contribution in [0.1, 0.15) is 5.56 Å². The van der Waals surface area contributed by atoms with Crippen molar-refractivity contribution in [2.24, 2.45) is 0 Å². The number of hydrogen-bond acceptors (Lipinski definition) is 3. The number of amides is 1. The summed E-state index contributed by atoms with van der Waals surface area (Å²) in [6, 6.07) is 12.0. The van der Waals surface area contributed by atoms with Crippen LogP contribution in [0.3, 0.4) is 0 Å². The second-order valence-electron chi connectivity index (χ2n) is 4.68. The number of carbonyl (C=O) groups excluding carboxylic acids is 1. The first-order chi connectivity index (χ1) is 10.2.